The fourth-order valence-corrected chi connectivity index (χ4v) is 2.11. The van der Waals surface area contributed by atoms with Gasteiger partial charge in [0.05, 0.1) is 7.11 Å². The van der Waals surface area contributed by atoms with Crippen LogP contribution in [0.1, 0.15) is 12.2 Å². The van der Waals surface area contributed by atoms with Crippen LogP contribution in [0, 0.1) is 0 Å². The molecule has 0 unspecified atom stereocenters. The Hall–Kier alpha value is -3.11. The molecule has 8 nitrogen and oxygen atoms in total. The van der Waals surface area contributed by atoms with Gasteiger partial charge in [-0.2, -0.15) is 13.2 Å². The van der Waals surface area contributed by atoms with Crippen molar-refractivity contribution in [3.05, 3.63) is 36.4 Å². The van der Waals surface area contributed by atoms with Gasteiger partial charge in [0.15, 0.2) is 0 Å². The zero-order valence-corrected chi connectivity index (χ0v) is 13.7. The van der Waals surface area contributed by atoms with Crippen molar-refractivity contribution in [2.75, 3.05) is 18.6 Å². The van der Waals surface area contributed by atoms with E-state index in [9.17, 15) is 22.8 Å². The third-order valence-electron chi connectivity index (χ3n) is 3.35. The summed E-state index contributed by atoms with van der Waals surface area (Å²) in [6, 6.07) is 6.38. The van der Waals surface area contributed by atoms with Gasteiger partial charge in [-0.05, 0) is 24.3 Å². The number of amides is 2. The first-order valence-corrected chi connectivity index (χ1v) is 7.40. The Morgan fingerprint density at radius 3 is 2.42 bits per heavy atom. The van der Waals surface area contributed by atoms with Crippen LogP contribution < -0.4 is 15.4 Å². The van der Waals surface area contributed by atoms with E-state index < -0.39 is 30.4 Å². The third-order valence-corrected chi connectivity index (χ3v) is 3.35. The molecule has 0 spiro atoms. The number of benzene rings is 1. The van der Waals surface area contributed by atoms with E-state index in [-0.39, 0.29) is 13.0 Å². The van der Waals surface area contributed by atoms with Gasteiger partial charge in [0.25, 0.3) is 5.82 Å². The standard InChI is InChI=1S/C15H16F3N5O3/c1-26-11-4-2-10(3-5-11)23(7-6-12(19)24)13(25)8-22-9-20-14(21-22)15(16,17)18/h2-5,9H,6-8H2,1H3,(H2,19,24). The molecule has 1 aromatic heterocycles. The van der Waals surface area contributed by atoms with Crippen LogP contribution in [-0.2, 0) is 22.3 Å². The zero-order valence-electron chi connectivity index (χ0n) is 13.7. The van der Waals surface area contributed by atoms with Gasteiger partial charge < -0.3 is 15.4 Å². The molecule has 0 radical (unpaired) electrons. The SMILES string of the molecule is COc1ccc(N(CCC(N)=O)C(=O)Cn2cnc(C(F)(F)F)n2)cc1. The van der Waals surface area contributed by atoms with E-state index in [0.717, 1.165) is 11.0 Å². The van der Waals surface area contributed by atoms with Crippen molar-refractivity contribution in [3.63, 3.8) is 0 Å². The van der Waals surface area contributed by atoms with Crippen LogP contribution >= 0.6 is 0 Å². The summed E-state index contributed by atoms with van der Waals surface area (Å²) in [6.07, 6.45) is -3.99. The van der Waals surface area contributed by atoms with Gasteiger partial charge in [0.1, 0.15) is 18.6 Å². The monoisotopic (exact) mass is 371 g/mol. The molecule has 0 fully saturated rings. The topological polar surface area (TPSA) is 103 Å². The number of carbonyl (C=O) groups excluding carboxylic acids is 2. The fraction of sp³-hybridized carbons (Fsp3) is 0.333. The first-order chi connectivity index (χ1) is 12.2. The second-order valence-electron chi connectivity index (χ2n) is 5.22. The highest BCUT2D eigenvalue weighted by atomic mass is 19.4. The number of nitrogens with zero attached hydrogens (tertiary/aromatic N) is 4. The van der Waals surface area contributed by atoms with E-state index in [2.05, 4.69) is 10.1 Å². The first-order valence-electron chi connectivity index (χ1n) is 7.40. The maximum atomic E-state index is 12.5. The number of rotatable bonds is 7. The lowest BCUT2D eigenvalue weighted by atomic mass is 10.2. The van der Waals surface area contributed by atoms with Crippen molar-refractivity contribution in [2.24, 2.45) is 5.73 Å². The predicted octanol–water partition coefficient (Wildman–Crippen LogP) is 1.21. The molecule has 1 aromatic carbocycles. The third kappa shape index (κ3) is 4.94. The molecular weight excluding hydrogens is 355 g/mol. The van der Waals surface area contributed by atoms with Crippen molar-refractivity contribution in [1.29, 1.82) is 0 Å². The van der Waals surface area contributed by atoms with Crippen molar-refractivity contribution < 1.29 is 27.5 Å². The summed E-state index contributed by atoms with van der Waals surface area (Å²) in [5.41, 5.74) is 5.56. The molecule has 2 rings (SSSR count). The first kappa shape index (κ1) is 19.2. The fourth-order valence-electron chi connectivity index (χ4n) is 2.11. The van der Waals surface area contributed by atoms with Crippen LogP contribution in [0.5, 0.6) is 5.75 Å². The van der Waals surface area contributed by atoms with Crippen LogP contribution in [0.25, 0.3) is 0 Å². The number of ether oxygens (including phenoxy) is 1. The zero-order chi connectivity index (χ0) is 19.3. The number of carbonyl (C=O) groups is 2. The summed E-state index contributed by atoms with van der Waals surface area (Å²) in [7, 11) is 1.48. The highest BCUT2D eigenvalue weighted by Crippen LogP contribution is 2.25. The van der Waals surface area contributed by atoms with Gasteiger partial charge in [0.2, 0.25) is 11.8 Å². The van der Waals surface area contributed by atoms with Crippen molar-refractivity contribution in [3.8, 4) is 5.75 Å². The minimum atomic E-state index is -4.70. The summed E-state index contributed by atoms with van der Waals surface area (Å²) in [5.74, 6) is -1.97. The number of methoxy groups -OCH3 is 1. The van der Waals surface area contributed by atoms with Gasteiger partial charge in [-0.1, -0.05) is 0 Å². The van der Waals surface area contributed by atoms with Crippen LogP contribution in [0.2, 0.25) is 0 Å². The number of hydrogen-bond donors (Lipinski definition) is 1. The minimum Gasteiger partial charge on any atom is -0.497 e. The average molecular weight is 371 g/mol. The second kappa shape index (κ2) is 7.85. The molecule has 0 saturated heterocycles. The summed E-state index contributed by atoms with van der Waals surface area (Å²) >= 11 is 0. The number of anilines is 1. The summed E-state index contributed by atoms with van der Waals surface area (Å²) < 4.78 is 43.5. The minimum absolute atomic E-state index is 0.0265. The largest absolute Gasteiger partial charge is 0.497 e. The smallest absolute Gasteiger partial charge is 0.453 e. The maximum Gasteiger partial charge on any atom is 0.453 e. The molecule has 0 saturated carbocycles. The van der Waals surface area contributed by atoms with E-state index >= 15 is 0 Å². The number of nitrogens with two attached hydrogens (primary N) is 1. The van der Waals surface area contributed by atoms with Crippen LogP contribution in [0.4, 0.5) is 18.9 Å². The lowest BCUT2D eigenvalue weighted by molar-refractivity contribution is -0.145. The van der Waals surface area contributed by atoms with E-state index in [0.29, 0.717) is 11.4 Å². The molecule has 0 atom stereocenters. The van der Waals surface area contributed by atoms with Crippen molar-refractivity contribution >= 4 is 17.5 Å². The van der Waals surface area contributed by atoms with Crippen LogP contribution in [-0.4, -0.2) is 40.2 Å². The lowest BCUT2D eigenvalue weighted by Gasteiger charge is -2.22. The predicted molar refractivity (Wildman–Crippen MR) is 84.2 cm³/mol. The Morgan fingerprint density at radius 2 is 1.92 bits per heavy atom. The summed E-state index contributed by atoms with van der Waals surface area (Å²) in [6.45, 7) is -0.505. The molecule has 26 heavy (non-hydrogen) atoms. The number of primary amides is 1. The summed E-state index contributed by atoms with van der Waals surface area (Å²) in [4.78, 5) is 27.9. The molecule has 140 valence electrons. The molecule has 0 aliphatic heterocycles. The Kier molecular flexibility index (Phi) is 5.80. The maximum absolute atomic E-state index is 12.5. The highest BCUT2D eigenvalue weighted by Gasteiger charge is 2.36. The van der Waals surface area contributed by atoms with Crippen molar-refractivity contribution in [2.45, 2.75) is 19.1 Å². The van der Waals surface area contributed by atoms with Crippen molar-refractivity contribution in [1.82, 2.24) is 14.8 Å². The molecule has 0 aliphatic carbocycles. The number of alkyl halides is 3. The summed E-state index contributed by atoms with van der Waals surface area (Å²) in [5, 5.41) is 3.24. The molecule has 0 bridgehead atoms. The number of hydrogen-bond acceptors (Lipinski definition) is 5. The number of aromatic nitrogens is 3. The Labute approximate surface area is 146 Å². The Morgan fingerprint density at radius 1 is 1.27 bits per heavy atom. The van der Waals surface area contributed by atoms with Gasteiger partial charge in [-0.3, -0.25) is 9.59 Å². The Bertz CT molecular complexity index is 774. The lowest BCUT2D eigenvalue weighted by Crippen LogP contribution is -2.36. The molecule has 0 aliphatic rings. The van der Waals surface area contributed by atoms with Crippen LogP contribution in [0.3, 0.4) is 0 Å². The van der Waals surface area contributed by atoms with Gasteiger partial charge in [0, 0.05) is 18.7 Å². The molecular formula is C15H16F3N5O3. The average Bonchev–Trinajstić information content (AvgIpc) is 3.04. The molecule has 2 N–H and O–H groups in total. The molecule has 2 aromatic rings. The molecule has 1 heterocycles. The molecule has 2 amide bonds. The van der Waals surface area contributed by atoms with E-state index in [4.69, 9.17) is 10.5 Å². The van der Waals surface area contributed by atoms with Gasteiger partial charge in [-0.15, -0.1) is 5.10 Å². The normalized spacial score (nSPS) is 11.2. The second-order valence-corrected chi connectivity index (χ2v) is 5.22. The quantitative estimate of drug-likeness (QED) is 0.788. The van der Waals surface area contributed by atoms with E-state index in [1.807, 2.05) is 0 Å². The van der Waals surface area contributed by atoms with Gasteiger partial charge >= 0.3 is 6.18 Å². The van der Waals surface area contributed by atoms with Gasteiger partial charge in [-0.25, -0.2) is 9.67 Å². The van der Waals surface area contributed by atoms with E-state index in [1.54, 1.807) is 24.3 Å². The highest BCUT2D eigenvalue weighted by molar-refractivity contribution is 5.93. The van der Waals surface area contributed by atoms with Crippen LogP contribution in [0.15, 0.2) is 30.6 Å². The Balaban J connectivity index is 2.19. The molecule has 11 heteroatoms. The number of halogens is 3. The van der Waals surface area contributed by atoms with E-state index in [1.165, 1.54) is 12.0 Å².